The number of hydrogen-bond donors (Lipinski definition) is 0. The monoisotopic (exact) mass is 232 g/mol. The van der Waals surface area contributed by atoms with Crippen LogP contribution in [0.25, 0.3) is 0 Å². The summed E-state index contributed by atoms with van der Waals surface area (Å²) in [6.45, 7) is 0.346. The molecule has 0 saturated heterocycles. The first-order chi connectivity index (χ1) is 7.79. The summed E-state index contributed by atoms with van der Waals surface area (Å²) in [6.07, 6.45) is 7.12. The van der Waals surface area contributed by atoms with E-state index in [4.69, 9.17) is 0 Å². The molecule has 3 nitrogen and oxygen atoms in total. The minimum Gasteiger partial charge on any atom is -0.330 e. The number of rotatable bonds is 4. The number of imidazole rings is 1. The van der Waals surface area contributed by atoms with Crippen LogP contribution in [-0.2, 0) is 6.54 Å². The van der Waals surface area contributed by atoms with E-state index in [0.717, 1.165) is 5.56 Å². The van der Waals surface area contributed by atoms with Gasteiger partial charge in [-0.2, -0.15) is 0 Å². The molecule has 0 aliphatic heterocycles. The first kappa shape index (κ1) is 11.0. The Balaban J connectivity index is 2.09. The molecule has 4 heteroatoms. The molecule has 16 heavy (non-hydrogen) atoms. The molecule has 0 saturated carbocycles. The molecule has 0 bridgehead atoms. The summed E-state index contributed by atoms with van der Waals surface area (Å²) in [5.41, 5.74) is 0.742. The van der Waals surface area contributed by atoms with E-state index in [1.165, 1.54) is 4.90 Å². The highest BCUT2D eigenvalue weighted by molar-refractivity contribution is 7.98. The highest BCUT2D eigenvalue weighted by atomic mass is 32.2. The lowest BCUT2D eigenvalue weighted by molar-refractivity contribution is 0.0972. The van der Waals surface area contributed by atoms with Crippen molar-refractivity contribution < 1.29 is 4.79 Å². The van der Waals surface area contributed by atoms with Crippen molar-refractivity contribution in [3.05, 3.63) is 48.5 Å². The number of carbonyl (C=O) groups is 1. The van der Waals surface area contributed by atoms with Crippen molar-refractivity contribution in [2.75, 3.05) is 6.26 Å². The van der Waals surface area contributed by atoms with Crippen molar-refractivity contribution in [3.63, 3.8) is 0 Å². The van der Waals surface area contributed by atoms with Gasteiger partial charge in [0.05, 0.1) is 12.9 Å². The molecule has 0 aliphatic rings. The van der Waals surface area contributed by atoms with Crippen LogP contribution >= 0.6 is 11.8 Å². The zero-order valence-electron chi connectivity index (χ0n) is 8.96. The first-order valence-corrected chi connectivity index (χ1v) is 6.15. The number of thioether (sulfide) groups is 1. The van der Waals surface area contributed by atoms with Crippen molar-refractivity contribution in [1.82, 2.24) is 9.55 Å². The van der Waals surface area contributed by atoms with E-state index in [1.54, 1.807) is 35.0 Å². The lowest BCUT2D eigenvalue weighted by Crippen LogP contribution is -2.08. The van der Waals surface area contributed by atoms with Crippen LogP contribution in [0.2, 0.25) is 0 Å². The molecular weight excluding hydrogens is 220 g/mol. The third-order valence-electron chi connectivity index (χ3n) is 2.30. The fraction of sp³-hybridized carbons (Fsp3) is 0.167. The van der Waals surface area contributed by atoms with Crippen LogP contribution in [0, 0.1) is 0 Å². The van der Waals surface area contributed by atoms with Crippen LogP contribution in [0.1, 0.15) is 10.4 Å². The minimum atomic E-state index is 0.102. The summed E-state index contributed by atoms with van der Waals surface area (Å²) in [5, 5.41) is 0. The highest BCUT2D eigenvalue weighted by Gasteiger charge is 2.05. The number of nitrogens with zero attached hydrogens (tertiary/aromatic N) is 2. The van der Waals surface area contributed by atoms with Gasteiger partial charge in [0, 0.05) is 22.9 Å². The van der Waals surface area contributed by atoms with Crippen molar-refractivity contribution >= 4 is 17.5 Å². The van der Waals surface area contributed by atoms with Gasteiger partial charge in [-0.1, -0.05) is 12.1 Å². The van der Waals surface area contributed by atoms with E-state index >= 15 is 0 Å². The fourth-order valence-electron chi connectivity index (χ4n) is 1.41. The zero-order chi connectivity index (χ0) is 11.4. The predicted molar refractivity (Wildman–Crippen MR) is 64.8 cm³/mol. The van der Waals surface area contributed by atoms with E-state index in [2.05, 4.69) is 4.98 Å². The number of hydrogen-bond acceptors (Lipinski definition) is 3. The van der Waals surface area contributed by atoms with Gasteiger partial charge in [-0.15, -0.1) is 11.8 Å². The molecule has 1 aromatic carbocycles. The summed E-state index contributed by atoms with van der Waals surface area (Å²) >= 11 is 1.67. The van der Waals surface area contributed by atoms with E-state index in [1.807, 2.05) is 30.5 Å². The second kappa shape index (κ2) is 4.99. The average Bonchev–Trinajstić information content (AvgIpc) is 2.82. The molecule has 0 atom stereocenters. The van der Waals surface area contributed by atoms with E-state index < -0.39 is 0 Å². The summed E-state index contributed by atoms with van der Waals surface area (Å²) in [6, 6.07) is 7.66. The lowest BCUT2D eigenvalue weighted by Gasteiger charge is -2.02. The van der Waals surface area contributed by atoms with Gasteiger partial charge in [0.2, 0.25) is 0 Å². The number of carbonyl (C=O) groups excluding carboxylic acids is 1. The predicted octanol–water partition coefficient (Wildman–Crippen LogP) is 2.49. The second-order valence-electron chi connectivity index (χ2n) is 3.39. The molecule has 0 spiro atoms. The summed E-state index contributed by atoms with van der Waals surface area (Å²) < 4.78 is 1.77. The quantitative estimate of drug-likeness (QED) is 0.600. The van der Waals surface area contributed by atoms with Gasteiger partial charge in [-0.05, 0) is 18.4 Å². The SMILES string of the molecule is CSc1ccc(C(=O)Cn2ccnc2)cc1. The highest BCUT2D eigenvalue weighted by Crippen LogP contribution is 2.15. The van der Waals surface area contributed by atoms with Gasteiger partial charge in [-0.25, -0.2) is 4.98 Å². The Morgan fingerprint density at radius 2 is 2.12 bits per heavy atom. The third-order valence-corrected chi connectivity index (χ3v) is 3.04. The van der Waals surface area contributed by atoms with Crippen molar-refractivity contribution in [2.24, 2.45) is 0 Å². The maximum Gasteiger partial charge on any atom is 0.182 e. The lowest BCUT2D eigenvalue weighted by atomic mass is 10.1. The maximum absolute atomic E-state index is 11.9. The van der Waals surface area contributed by atoms with Crippen LogP contribution < -0.4 is 0 Å². The molecule has 1 heterocycles. The van der Waals surface area contributed by atoms with Crippen LogP contribution in [0.3, 0.4) is 0 Å². The maximum atomic E-state index is 11.9. The largest absolute Gasteiger partial charge is 0.330 e. The molecule has 1 aromatic heterocycles. The average molecular weight is 232 g/mol. The van der Waals surface area contributed by atoms with Crippen LogP contribution in [0.15, 0.2) is 47.9 Å². The van der Waals surface area contributed by atoms with Gasteiger partial charge >= 0.3 is 0 Å². The fourth-order valence-corrected chi connectivity index (χ4v) is 1.82. The van der Waals surface area contributed by atoms with E-state index in [9.17, 15) is 4.79 Å². The Morgan fingerprint density at radius 3 is 2.69 bits per heavy atom. The molecular formula is C12H12N2OS. The van der Waals surface area contributed by atoms with Crippen molar-refractivity contribution in [2.45, 2.75) is 11.4 Å². The summed E-state index contributed by atoms with van der Waals surface area (Å²) in [7, 11) is 0. The molecule has 0 amide bonds. The number of ketones is 1. The Morgan fingerprint density at radius 1 is 1.38 bits per heavy atom. The minimum absolute atomic E-state index is 0.102. The van der Waals surface area contributed by atoms with Gasteiger partial charge in [0.25, 0.3) is 0 Å². The van der Waals surface area contributed by atoms with E-state index in [-0.39, 0.29) is 5.78 Å². The van der Waals surface area contributed by atoms with Crippen molar-refractivity contribution in [1.29, 1.82) is 0 Å². The van der Waals surface area contributed by atoms with Gasteiger partial charge in [-0.3, -0.25) is 4.79 Å². The van der Waals surface area contributed by atoms with Crippen LogP contribution in [0.4, 0.5) is 0 Å². The molecule has 0 fully saturated rings. The smallest absolute Gasteiger partial charge is 0.182 e. The Hall–Kier alpha value is -1.55. The van der Waals surface area contributed by atoms with Crippen molar-refractivity contribution in [3.8, 4) is 0 Å². The molecule has 2 aromatic rings. The Bertz CT molecular complexity index is 462. The summed E-state index contributed by atoms with van der Waals surface area (Å²) in [4.78, 5) is 16.9. The summed E-state index contributed by atoms with van der Waals surface area (Å²) in [5.74, 6) is 0.102. The normalized spacial score (nSPS) is 10.3. The second-order valence-corrected chi connectivity index (χ2v) is 4.27. The van der Waals surface area contributed by atoms with Gasteiger partial charge in [0.1, 0.15) is 0 Å². The number of Topliss-reactive ketones (excluding diaryl/α,β-unsaturated/α-hetero) is 1. The number of benzene rings is 1. The van der Waals surface area contributed by atoms with Crippen LogP contribution in [-0.4, -0.2) is 21.6 Å². The molecule has 2 rings (SSSR count). The van der Waals surface area contributed by atoms with E-state index in [0.29, 0.717) is 6.54 Å². The standard InChI is InChI=1S/C12H12N2OS/c1-16-11-4-2-10(3-5-11)12(15)8-14-7-6-13-9-14/h2-7,9H,8H2,1H3. The van der Waals surface area contributed by atoms with Crippen LogP contribution in [0.5, 0.6) is 0 Å². The van der Waals surface area contributed by atoms with Gasteiger partial charge < -0.3 is 4.57 Å². The molecule has 0 aliphatic carbocycles. The third kappa shape index (κ3) is 2.52. The number of aromatic nitrogens is 2. The zero-order valence-corrected chi connectivity index (χ0v) is 9.78. The molecule has 82 valence electrons. The Labute approximate surface area is 98.5 Å². The first-order valence-electron chi connectivity index (χ1n) is 4.92. The Kier molecular flexibility index (Phi) is 3.41. The molecule has 0 unspecified atom stereocenters. The molecule has 0 N–H and O–H groups in total. The topological polar surface area (TPSA) is 34.9 Å². The molecule has 0 radical (unpaired) electrons. The van der Waals surface area contributed by atoms with Gasteiger partial charge in [0.15, 0.2) is 5.78 Å².